The van der Waals surface area contributed by atoms with Crippen LogP contribution < -0.4 is 0 Å². The van der Waals surface area contributed by atoms with Crippen LogP contribution in [0.2, 0.25) is 0 Å². The highest BCUT2D eigenvalue weighted by Gasteiger charge is 2.28. The van der Waals surface area contributed by atoms with Gasteiger partial charge in [-0.2, -0.15) is 0 Å². The summed E-state index contributed by atoms with van der Waals surface area (Å²) < 4.78 is 10.5. The summed E-state index contributed by atoms with van der Waals surface area (Å²) in [5, 5.41) is 0.847. The van der Waals surface area contributed by atoms with E-state index in [0.29, 0.717) is 12.1 Å². The molecule has 0 saturated carbocycles. The number of hydroxylamine groups is 2. The van der Waals surface area contributed by atoms with E-state index in [-0.39, 0.29) is 31.3 Å². The lowest BCUT2D eigenvalue weighted by molar-refractivity contribution is -0.186. The van der Waals surface area contributed by atoms with E-state index in [1.165, 1.54) is 0 Å². The third-order valence-electron chi connectivity index (χ3n) is 2.16. The van der Waals surface area contributed by atoms with Crippen LogP contribution in [0.25, 0.3) is 0 Å². The molecule has 0 aliphatic carbocycles. The minimum atomic E-state index is -4.09. The Morgan fingerprint density at radius 2 is 2.12 bits per heavy atom. The van der Waals surface area contributed by atoms with Crippen LogP contribution in [-0.2, 0) is 19.0 Å². The van der Waals surface area contributed by atoms with Crippen molar-refractivity contribution in [3.05, 3.63) is 12.3 Å². The summed E-state index contributed by atoms with van der Waals surface area (Å²) >= 11 is 0. The minimum Gasteiger partial charge on any atom is -0.334 e. The molecule has 1 aliphatic rings. The summed E-state index contributed by atoms with van der Waals surface area (Å²) in [5.74, 6) is -1.03. The zero-order chi connectivity index (χ0) is 13.1. The number of hydrogen-bond donors (Lipinski definition) is 2. The van der Waals surface area contributed by atoms with E-state index < -0.39 is 13.6 Å². The van der Waals surface area contributed by atoms with Gasteiger partial charge in [0.25, 0.3) is 5.91 Å². The van der Waals surface area contributed by atoms with Crippen molar-refractivity contribution in [2.75, 3.05) is 6.16 Å². The first-order valence-corrected chi connectivity index (χ1v) is 6.85. The van der Waals surface area contributed by atoms with Gasteiger partial charge in [0.05, 0.1) is 11.9 Å². The highest BCUT2D eigenvalue weighted by molar-refractivity contribution is 7.51. The predicted molar refractivity (Wildman–Crippen MR) is 57.5 cm³/mol. The lowest BCUT2D eigenvalue weighted by Gasteiger charge is -2.15. The van der Waals surface area contributed by atoms with Crippen molar-refractivity contribution in [1.29, 1.82) is 0 Å². The number of nitrogens with zero attached hydrogens (tertiary/aromatic N) is 1. The first kappa shape index (κ1) is 13.9. The second-order valence-electron chi connectivity index (χ2n) is 3.71. The summed E-state index contributed by atoms with van der Waals surface area (Å²) in [6.07, 6.45) is 0.194. The zero-order valence-electron chi connectivity index (χ0n) is 9.16. The molecule has 8 heteroatoms. The van der Waals surface area contributed by atoms with E-state index >= 15 is 0 Å². The van der Waals surface area contributed by atoms with Crippen molar-refractivity contribution in [3.8, 4) is 0 Å². The molecule has 1 rings (SSSR count). The third kappa shape index (κ3) is 4.68. The van der Waals surface area contributed by atoms with Crippen LogP contribution in [0.4, 0.5) is 0 Å². The summed E-state index contributed by atoms with van der Waals surface area (Å²) in [4.78, 5) is 44.4. The molecule has 0 radical (unpaired) electrons. The number of allylic oxidation sites excluding steroid dienone is 1. The van der Waals surface area contributed by atoms with Crippen LogP contribution in [0.1, 0.15) is 25.7 Å². The molecule has 7 nitrogen and oxygen atoms in total. The molecule has 0 bridgehead atoms. The number of amides is 1. The average Bonchev–Trinajstić information content (AvgIpc) is 2.47. The molecule has 1 saturated heterocycles. The lowest BCUT2D eigenvalue weighted by Crippen LogP contribution is -2.26. The van der Waals surface area contributed by atoms with Crippen LogP contribution in [0.5, 0.6) is 0 Å². The van der Waals surface area contributed by atoms with Crippen molar-refractivity contribution >= 4 is 19.5 Å². The Kier molecular flexibility index (Phi) is 4.45. The van der Waals surface area contributed by atoms with Gasteiger partial charge in [-0.3, -0.25) is 9.36 Å². The van der Waals surface area contributed by atoms with Crippen LogP contribution in [-0.4, -0.2) is 32.9 Å². The summed E-state index contributed by atoms with van der Waals surface area (Å²) in [5.41, 5.74) is 0.415. The van der Waals surface area contributed by atoms with Crippen molar-refractivity contribution in [3.63, 3.8) is 0 Å². The van der Waals surface area contributed by atoms with Gasteiger partial charge in [-0.25, -0.2) is 4.79 Å². The van der Waals surface area contributed by atoms with E-state index in [1.807, 2.05) is 0 Å². The van der Waals surface area contributed by atoms with Crippen LogP contribution in [0, 0.1) is 0 Å². The maximum atomic E-state index is 11.3. The fourth-order valence-electron chi connectivity index (χ4n) is 1.32. The molecular weight excluding hydrogens is 249 g/mol. The van der Waals surface area contributed by atoms with Crippen LogP contribution in [0.3, 0.4) is 0 Å². The van der Waals surface area contributed by atoms with Gasteiger partial charge < -0.3 is 14.6 Å². The normalized spacial score (nSPS) is 16.5. The SMILES string of the molecule is C=C1CCC(=O)N1OC(=O)CCCP(=O)(O)O. The standard InChI is InChI=1S/C9H14NO6P/c1-7-4-5-8(11)10(7)16-9(12)3-2-6-17(13,14)15/h1-6H2,(H2,13,14,15). The summed E-state index contributed by atoms with van der Waals surface area (Å²) in [7, 11) is -4.09. The maximum absolute atomic E-state index is 11.3. The van der Waals surface area contributed by atoms with Gasteiger partial charge in [-0.1, -0.05) is 6.58 Å². The smallest absolute Gasteiger partial charge is 0.333 e. The highest BCUT2D eigenvalue weighted by atomic mass is 31.2. The second-order valence-corrected chi connectivity index (χ2v) is 5.49. The van der Waals surface area contributed by atoms with Gasteiger partial charge in [0.2, 0.25) is 0 Å². The third-order valence-corrected chi connectivity index (χ3v) is 3.06. The second kappa shape index (κ2) is 5.44. The molecule has 0 aromatic carbocycles. The lowest BCUT2D eigenvalue weighted by atomic mass is 10.3. The Hall–Kier alpha value is -1.17. The van der Waals surface area contributed by atoms with E-state index in [1.54, 1.807) is 0 Å². The summed E-state index contributed by atoms with van der Waals surface area (Å²) in [6, 6.07) is 0. The van der Waals surface area contributed by atoms with E-state index in [2.05, 4.69) is 6.58 Å². The first-order valence-electron chi connectivity index (χ1n) is 5.06. The maximum Gasteiger partial charge on any atom is 0.333 e. The van der Waals surface area contributed by atoms with Crippen LogP contribution in [0.15, 0.2) is 12.3 Å². The van der Waals surface area contributed by atoms with E-state index in [0.717, 1.165) is 5.06 Å². The van der Waals surface area contributed by atoms with Crippen molar-refractivity contribution < 1.29 is 28.8 Å². The van der Waals surface area contributed by atoms with Gasteiger partial charge in [0.1, 0.15) is 0 Å². The molecule has 96 valence electrons. The number of carbonyl (C=O) groups excluding carboxylic acids is 2. The Bertz CT molecular complexity index is 371. The fraction of sp³-hybridized carbons (Fsp3) is 0.556. The first-order chi connectivity index (χ1) is 7.79. The molecule has 0 aromatic rings. The molecule has 0 unspecified atom stereocenters. The summed E-state index contributed by atoms with van der Waals surface area (Å²) in [6.45, 7) is 3.56. The Morgan fingerprint density at radius 1 is 1.47 bits per heavy atom. The van der Waals surface area contributed by atoms with Gasteiger partial charge in [0.15, 0.2) is 0 Å². The molecular formula is C9H14NO6P. The van der Waals surface area contributed by atoms with Crippen molar-refractivity contribution in [1.82, 2.24) is 5.06 Å². The Labute approximate surface area is 98.2 Å². The van der Waals surface area contributed by atoms with Crippen molar-refractivity contribution in [2.24, 2.45) is 0 Å². The Balaban J connectivity index is 2.32. The van der Waals surface area contributed by atoms with E-state index in [9.17, 15) is 14.2 Å². The topological polar surface area (TPSA) is 104 Å². The zero-order valence-corrected chi connectivity index (χ0v) is 10.1. The monoisotopic (exact) mass is 263 g/mol. The molecule has 1 amide bonds. The molecule has 0 spiro atoms. The average molecular weight is 263 g/mol. The fourth-order valence-corrected chi connectivity index (χ4v) is 1.89. The molecule has 2 N–H and O–H groups in total. The van der Waals surface area contributed by atoms with Gasteiger partial charge >= 0.3 is 13.6 Å². The van der Waals surface area contributed by atoms with Gasteiger partial charge in [0, 0.05) is 12.8 Å². The number of rotatable bonds is 5. The van der Waals surface area contributed by atoms with E-state index in [4.69, 9.17) is 14.6 Å². The van der Waals surface area contributed by atoms with Crippen LogP contribution >= 0.6 is 7.60 Å². The minimum absolute atomic E-state index is 0.0115. The number of hydrogen-bond acceptors (Lipinski definition) is 4. The molecule has 0 atom stereocenters. The molecule has 0 aromatic heterocycles. The number of carbonyl (C=O) groups is 2. The largest absolute Gasteiger partial charge is 0.334 e. The molecule has 1 heterocycles. The highest BCUT2D eigenvalue weighted by Crippen LogP contribution is 2.35. The van der Waals surface area contributed by atoms with Gasteiger partial charge in [-0.15, -0.1) is 5.06 Å². The Morgan fingerprint density at radius 3 is 2.59 bits per heavy atom. The van der Waals surface area contributed by atoms with Gasteiger partial charge in [-0.05, 0) is 12.8 Å². The molecule has 1 aliphatic heterocycles. The molecule has 17 heavy (non-hydrogen) atoms. The predicted octanol–water partition coefficient (Wildman–Crippen LogP) is 0.539. The molecule has 1 fully saturated rings. The van der Waals surface area contributed by atoms with Crippen molar-refractivity contribution in [2.45, 2.75) is 25.7 Å². The quantitative estimate of drug-likeness (QED) is 0.701.